The van der Waals surface area contributed by atoms with Gasteiger partial charge >= 0.3 is 0 Å². The Morgan fingerprint density at radius 1 is 1.00 bits per heavy atom. The monoisotopic (exact) mass is 355 g/mol. The van der Waals surface area contributed by atoms with Crippen molar-refractivity contribution in [3.63, 3.8) is 0 Å². The van der Waals surface area contributed by atoms with Crippen molar-refractivity contribution in [2.45, 2.75) is 70.3 Å². The van der Waals surface area contributed by atoms with Gasteiger partial charge in [-0.1, -0.05) is 12.8 Å². The number of aryl methyl sites for hydroxylation is 1. The lowest BCUT2D eigenvalue weighted by Crippen LogP contribution is -2.53. The molecule has 5 rings (SSSR count). The SMILES string of the molecule is Nc1nc2c(c(N3CCC4(CCCN(C5CCCC5)C4=O)C3)n1)CCC2. The van der Waals surface area contributed by atoms with E-state index in [1.54, 1.807) is 0 Å². The number of nitrogens with two attached hydrogens (primary N) is 1. The molecule has 1 atom stereocenters. The molecule has 2 aliphatic carbocycles. The maximum atomic E-state index is 13.5. The van der Waals surface area contributed by atoms with E-state index in [4.69, 9.17) is 5.73 Å². The fourth-order valence-corrected chi connectivity index (χ4v) is 5.79. The second-order valence-electron chi connectivity index (χ2n) is 8.68. The van der Waals surface area contributed by atoms with E-state index in [-0.39, 0.29) is 5.41 Å². The lowest BCUT2D eigenvalue weighted by molar-refractivity contribution is -0.147. The van der Waals surface area contributed by atoms with Gasteiger partial charge in [0.15, 0.2) is 0 Å². The maximum absolute atomic E-state index is 13.5. The van der Waals surface area contributed by atoms with E-state index in [1.807, 2.05) is 0 Å². The predicted octanol–water partition coefficient (Wildman–Crippen LogP) is 2.31. The van der Waals surface area contributed by atoms with Gasteiger partial charge in [0.25, 0.3) is 0 Å². The van der Waals surface area contributed by atoms with Crippen LogP contribution in [0, 0.1) is 5.41 Å². The molecule has 3 heterocycles. The van der Waals surface area contributed by atoms with Gasteiger partial charge in [-0.25, -0.2) is 4.98 Å². The zero-order chi connectivity index (χ0) is 17.7. The lowest BCUT2D eigenvalue weighted by atomic mass is 9.77. The molecule has 140 valence electrons. The van der Waals surface area contributed by atoms with E-state index in [1.165, 1.54) is 31.2 Å². The van der Waals surface area contributed by atoms with Gasteiger partial charge in [0.2, 0.25) is 11.9 Å². The molecule has 0 aromatic carbocycles. The summed E-state index contributed by atoms with van der Waals surface area (Å²) in [6.45, 7) is 2.67. The highest BCUT2D eigenvalue weighted by Gasteiger charge is 2.50. The zero-order valence-corrected chi connectivity index (χ0v) is 15.5. The lowest BCUT2D eigenvalue weighted by Gasteiger charge is -2.42. The first kappa shape index (κ1) is 16.3. The summed E-state index contributed by atoms with van der Waals surface area (Å²) in [6.07, 6.45) is 11.2. The average Bonchev–Trinajstić information content (AvgIpc) is 3.37. The summed E-state index contributed by atoms with van der Waals surface area (Å²) in [5, 5.41) is 0. The minimum absolute atomic E-state index is 0.202. The summed E-state index contributed by atoms with van der Waals surface area (Å²) in [7, 11) is 0. The fourth-order valence-electron chi connectivity index (χ4n) is 5.79. The maximum Gasteiger partial charge on any atom is 0.230 e. The number of hydrogen-bond donors (Lipinski definition) is 1. The Morgan fingerprint density at radius 2 is 1.85 bits per heavy atom. The Kier molecular flexibility index (Phi) is 3.83. The highest BCUT2D eigenvalue weighted by Crippen LogP contribution is 2.44. The van der Waals surface area contributed by atoms with Gasteiger partial charge in [0.1, 0.15) is 5.82 Å². The summed E-state index contributed by atoms with van der Waals surface area (Å²) in [5.41, 5.74) is 8.17. The number of nitrogens with zero attached hydrogens (tertiary/aromatic N) is 4. The number of carbonyl (C=O) groups excluding carboxylic acids is 1. The van der Waals surface area contributed by atoms with Gasteiger partial charge in [-0.15, -0.1) is 0 Å². The Hall–Kier alpha value is -1.85. The third-order valence-electron chi connectivity index (χ3n) is 7.12. The Balaban J connectivity index is 1.41. The molecular formula is C20H29N5O. The smallest absolute Gasteiger partial charge is 0.230 e. The van der Waals surface area contributed by atoms with Gasteiger partial charge in [-0.3, -0.25) is 4.79 Å². The topological polar surface area (TPSA) is 75.3 Å². The van der Waals surface area contributed by atoms with E-state index >= 15 is 0 Å². The highest BCUT2D eigenvalue weighted by atomic mass is 16.2. The van der Waals surface area contributed by atoms with Crippen molar-refractivity contribution in [3.8, 4) is 0 Å². The van der Waals surface area contributed by atoms with Crippen molar-refractivity contribution in [2.24, 2.45) is 5.41 Å². The van der Waals surface area contributed by atoms with Gasteiger partial charge in [0.05, 0.1) is 11.1 Å². The molecule has 6 heteroatoms. The van der Waals surface area contributed by atoms with E-state index in [2.05, 4.69) is 19.8 Å². The summed E-state index contributed by atoms with van der Waals surface area (Å²) >= 11 is 0. The highest BCUT2D eigenvalue weighted by molar-refractivity contribution is 5.85. The molecule has 2 N–H and O–H groups in total. The van der Waals surface area contributed by atoms with Gasteiger partial charge < -0.3 is 15.5 Å². The number of piperidine rings is 1. The second-order valence-corrected chi connectivity index (χ2v) is 8.68. The van der Waals surface area contributed by atoms with E-state index in [0.29, 0.717) is 17.9 Å². The minimum atomic E-state index is -0.202. The molecule has 1 saturated carbocycles. The molecule has 6 nitrogen and oxygen atoms in total. The number of aromatic nitrogens is 2. The molecule has 3 fully saturated rings. The summed E-state index contributed by atoms with van der Waals surface area (Å²) in [4.78, 5) is 27.1. The first-order valence-electron chi connectivity index (χ1n) is 10.4. The number of anilines is 2. The molecule has 1 unspecified atom stereocenters. The average molecular weight is 355 g/mol. The molecule has 1 aromatic rings. The van der Waals surface area contributed by atoms with Crippen LogP contribution in [-0.4, -0.2) is 46.5 Å². The van der Waals surface area contributed by atoms with Gasteiger partial charge in [-0.05, 0) is 51.4 Å². The third-order valence-corrected chi connectivity index (χ3v) is 7.12. The van der Waals surface area contributed by atoms with Crippen molar-refractivity contribution >= 4 is 17.7 Å². The van der Waals surface area contributed by atoms with Crippen LogP contribution in [0.5, 0.6) is 0 Å². The van der Waals surface area contributed by atoms with Crippen molar-refractivity contribution < 1.29 is 4.79 Å². The normalized spacial score (nSPS) is 29.2. The molecule has 0 bridgehead atoms. The van der Waals surface area contributed by atoms with Crippen LogP contribution in [0.25, 0.3) is 0 Å². The van der Waals surface area contributed by atoms with Crippen molar-refractivity contribution in [2.75, 3.05) is 30.3 Å². The number of amides is 1. The predicted molar refractivity (Wildman–Crippen MR) is 101 cm³/mol. The van der Waals surface area contributed by atoms with Crippen LogP contribution in [0.15, 0.2) is 0 Å². The molecular weight excluding hydrogens is 326 g/mol. The third kappa shape index (κ3) is 2.48. The molecule has 0 radical (unpaired) electrons. The first-order valence-corrected chi connectivity index (χ1v) is 10.4. The number of likely N-dealkylation sites (tertiary alicyclic amines) is 1. The molecule has 2 saturated heterocycles. The van der Waals surface area contributed by atoms with E-state index < -0.39 is 0 Å². The minimum Gasteiger partial charge on any atom is -0.368 e. The van der Waals surface area contributed by atoms with Gasteiger partial charge in [-0.2, -0.15) is 4.98 Å². The first-order chi connectivity index (χ1) is 12.7. The van der Waals surface area contributed by atoms with Crippen LogP contribution in [0.4, 0.5) is 11.8 Å². The molecule has 4 aliphatic rings. The standard InChI is InChI=1S/C20H29N5O/c21-19-22-16-8-3-7-15(16)17(23-19)24-12-10-20(13-24)9-4-11-25(18(20)26)14-5-1-2-6-14/h14H,1-13H2,(H2,21,22,23). The number of hydrogen-bond acceptors (Lipinski definition) is 5. The molecule has 1 amide bonds. The number of fused-ring (bicyclic) bond motifs is 1. The van der Waals surface area contributed by atoms with Crippen molar-refractivity contribution in [1.82, 2.24) is 14.9 Å². The Morgan fingerprint density at radius 3 is 2.69 bits per heavy atom. The van der Waals surface area contributed by atoms with Crippen LogP contribution >= 0.6 is 0 Å². The number of carbonyl (C=O) groups is 1. The largest absolute Gasteiger partial charge is 0.368 e. The van der Waals surface area contributed by atoms with Crippen molar-refractivity contribution in [1.29, 1.82) is 0 Å². The van der Waals surface area contributed by atoms with Gasteiger partial charge in [0, 0.05) is 31.2 Å². The summed E-state index contributed by atoms with van der Waals surface area (Å²) < 4.78 is 0. The van der Waals surface area contributed by atoms with Crippen molar-refractivity contribution in [3.05, 3.63) is 11.3 Å². The fraction of sp³-hybridized carbons (Fsp3) is 0.750. The van der Waals surface area contributed by atoms with Crippen LogP contribution in [-0.2, 0) is 17.6 Å². The molecule has 1 aromatic heterocycles. The second kappa shape index (κ2) is 6.10. The quantitative estimate of drug-likeness (QED) is 0.881. The summed E-state index contributed by atoms with van der Waals surface area (Å²) in [6, 6.07) is 0.493. The van der Waals surface area contributed by atoms with E-state index in [0.717, 1.165) is 69.7 Å². The molecule has 26 heavy (non-hydrogen) atoms. The van der Waals surface area contributed by atoms with Crippen LogP contribution in [0.1, 0.15) is 62.6 Å². The van der Waals surface area contributed by atoms with E-state index in [9.17, 15) is 4.79 Å². The number of nitrogen functional groups attached to an aromatic ring is 1. The Bertz CT molecular complexity index is 729. The summed E-state index contributed by atoms with van der Waals surface area (Å²) in [5.74, 6) is 1.80. The zero-order valence-electron chi connectivity index (χ0n) is 15.5. The van der Waals surface area contributed by atoms with Crippen LogP contribution in [0.2, 0.25) is 0 Å². The van der Waals surface area contributed by atoms with Crippen LogP contribution < -0.4 is 10.6 Å². The Labute approximate surface area is 155 Å². The van der Waals surface area contributed by atoms with Crippen LogP contribution in [0.3, 0.4) is 0 Å². The molecule has 2 aliphatic heterocycles. The number of rotatable bonds is 2. The molecule has 1 spiro atoms.